The van der Waals surface area contributed by atoms with Crippen molar-refractivity contribution in [2.45, 2.75) is 13.1 Å². The van der Waals surface area contributed by atoms with Gasteiger partial charge in [0.05, 0.1) is 0 Å². The van der Waals surface area contributed by atoms with Crippen LogP contribution in [0.25, 0.3) is 0 Å². The fraction of sp³-hybridized carbons (Fsp3) is 0.500. The maximum atomic E-state index is 12.3. The molecule has 0 aliphatic heterocycles. The Morgan fingerprint density at radius 2 is 1.86 bits per heavy atom. The average Bonchev–Trinajstić information content (AvgIpc) is 2.27. The maximum Gasteiger partial charge on any atom is 0.492 e. The van der Waals surface area contributed by atoms with Crippen LogP contribution < -0.4 is 5.46 Å². The highest BCUT2D eigenvalue weighted by molar-refractivity contribution is 6.59. The van der Waals surface area contributed by atoms with Crippen LogP contribution in [0.3, 0.4) is 0 Å². The summed E-state index contributed by atoms with van der Waals surface area (Å²) in [6.07, 6.45) is -4.68. The third-order valence-corrected chi connectivity index (χ3v) is 1.91. The van der Waals surface area contributed by atoms with Crippen molar-refractivity contribution in [3.8, 4) is 0 Å². The summed E-state index contributed by atoms with van der Waals surface area (Å²) in [5.41, 5.74) is -1.78. The summed E-state index contributed by atoms with van der Waals surface area (Å²) in [6, 6.07) is 0. The first kappa shape index (κ1) is 11.1. The highest BCUT2D eigenvalue weighted by Crippen LogP contribution is 2.27. The molecule has 1 rings (SSSR count). The lowest BCUT2D eigenvalue weighted by atomic mass is 9.78. The summed E-state index contributed by atoms with van der Waals surface area (Å²) in [6.45, 7) is 1.33. The Balaban J connectivity index is 3.37. The molecule has 2 N–H and O–H groups in total. The van der Waals surface area contributed by atoms with Gasteiger partial charge < -0.3 is 10.0 Å². The molecule has 0 aliphatic rings. The van der Waals surface area contributed by atoms with Crippen LogP contribution in [-0.4, -0.2) is 26.9 Å². The lowest BCUT2D eigenvalue weighted by Gasteiger charge is -2.05. The number of aromatic nitrogens is 2. The van der Waals surface area contributed by atoms with Crippen molar-refractivity contribution >= 4 is 12.6 Å². The van der Waals surface area contributed by atoms with Gasteiger partial charge in [-0.25, -0.2) is 0 Å². The Labute approximate surface area is 78.1 Å². The molecule has 4 nitrogen and oxygen atoms in total. The molecule has 0 saturated heterocycles. The topological polar surface area (TPSA) is 58.3 Å². The van der Waals surface area contributed by atoms with Crippen molar-refractivity contribution in [2.24, 2.45) is 7.05 Å². The number of rotatable bonds is 1. The Bertz CT molecular complexity index is 348. The SMILES string of the molecule is Cc1c(B(O)O)c(C(F)(F)F)nn1C. The number of alkyl halides is 3. The molecule has 0 saturated carbocycles. The predicted molar refractivity (Wildman–Crippen MR) is 42.8 cm³/mol. The number of aryl methyl sites for hydroxylation is 1. The van der Waals surface area contributed by atoms with Gasteiger partial charge in [0, 0.05) is 18.2 Å². The summed E-state index contributed by atoms with van der Waals surface area (Å²) in [5.74, 6) is 0. The van der Waals surface area contributed by atoms with Crippen LogP contribution >= 0.6 is 0 Å². The minimum atomic E-state index is -4.68. The number of halogens is 3. The maximum absolute atomic E-state index is 12.3. The van der Waals surface area contributed by atoms with Gasteiger partial charge in [-0.05, 0) is 6.92 Å². The molecule has 0 bridgehead atoms. The Kier molecular flexibility index (Phi) is 2.59. The third-order valence-electron chi connectivity index (χ3n) is 1.91. The van der Waals surface area contributed by atoms with Crippen LogP contribution in [0.1, 0.15) is 11.4 Å². The molecule has 0 unspecified atom stereocenters. The number of hydrogen-bond acceptors (Lipinski definition) is 3. The van der Waals surface area contributed by atoms with Gasteiger partial charge in [0.15, 0.2) is 5.69 Å². The van der Waals surface area contributed by atoms with Gasteiger partial charge in [-0.3, -0.25) is 4.68 Å². The van der Waals surface area contributed by atoms with Crippen LogP contribution in [0.15, 0.2) is 0 Å². The van der Waals surface area contributed by atoms with Gasteiger partial charge in [-0.15, -0.1) is 0 Å². The molecule has 0 aromatic carbocycles. The van der Waals surface area contributed by atoms with E-state index in [1.54, 1.807) is 0 Å². The minimum absolute atomic E-state index is 0.0762. The summed E-state index contributed by atoms with van der Waals surface area (Å²) in [4.78, 5) is 0. The highest BCUT2D eigenvalue weighted by Gasteiger charge is 2.41. The van der Waals surface area contributed by atoms with Gasteiger partial charge in [0.25, 0.3) is 0 Å². The van der Waals surface area contributed by atoms with E-state index in [4.69, 9.17) is 10.0 Å². The molecule has 0 amide bonds. The van der Waals surface area contributed by atoms with E-state index in [1.807, 2.05) is 0 Å². The Morgan fingerprint density at radius 3 is 2.14 bits per heavy atom. The second-order valence-corrected chi connectivity index (χ2v) is 2.84. The van der Waals surface area contributed by atoms with E-state index in [1.165, 1.54) is 14.0 Å². The molecule has 1 heterocycles. The minimum Gasteiger partial charge on any atom is -0.423 e. The zero-order valence-corrected chi connectivity index (χ0v) is 7.50. The molecule has 0 spiro atoms. The van der Waals surface area contributed by atoms with E-state index in [0.717, 1.165) is 4.68 Å². The Morgan fingerprint density at radius 1 is 1.36 bits per heavy atom. The van der Waals surface area contributed by atoms with Crippen molar-refractivity contribution in [2.75, 3.05) is 0 Å². The second-order valence-electron chi connectivity index (χ2n) is 2.84. The standard InChI is InChI=1S/C6H8BF3N2O2/c1-3-4(7(13)14)5(6(8,9)10)11-12(3)2/h13-14H,1-2H3. The summed E-state index contributed by atoms with van der Waals surface area (Å²) < 4.78 is 37.9. The highest BCUT2D eigenvalue weighted by atomic mass is 19.4. The first-order chi connectivity index (χ1) is 6.25. The lowest BCUT2D eigenvalue weighted by molar-refractivity contribution is -0.140. The summed E-state index contributed by atoms with van der Waals surface area (Å²) >= 11 is 0. The molecular weight excluding hydrogens is 200 g/mol. The van der Waals surface area contributed by atoms with Crippen LogP contribution in [0.2, 0.25) is 0 Å². The van der Waals surface area contributed by atoms with Gasteiger partial charge in [-0.2, -0.15) is 18.3 Å². The molecule has 0 atom stereocenters. The van der Waals surface area contributed by atoms with E-state index >= 15 is 0 Å². The molecule has 14 heavy (non-hydrogen) atoms. The van der Waals surface area contributed by atoms with E-state index in [2.05, 4.69) is 5.10 Å². The van der Waals surface area contributed by atoms with E-state index < -0.39 is 24.5 Å². The van der Waals surface area contributed by atoms with Gasteiger partial charge in [-0.1, -0.05) is 0 Å². The molecule has 0 aliphatic carbocycles. The predicted octanol–water partition coefficient (Wildman–Crippen LogP) is -0.573. The van der Waals surface area contributed by atoms with Gasteiger partial charge in [0.1, 0.15) is 0 Å². The third kappa shape index (κ3) is 1.75. The first-order valence-electron chi connectivity index (χ1n) is 3.72. The first-order valence-corrected chi connectivity index (χ1v) is 3.72. The second kappa shape index (κ2) is 3.28. The van der Waals surface area contributed by atoms with E-state index in [-0.39, 0.29) is 5.69 Å². The van der Waals surface area contributed by atoms with Crippen molar-refractivity contribution in [3.05, 3.63) is 11.4 Å². The average molecular weight is 208 g/mol. The van der Waals surface area contributed by atoms with Crippen LogP contribution in [0.4, 0.5) is 13.2 Å². The molecule has 1 aromatic rings. The molecular formula is C6H8BF3N2O2. The van der Waals surface area contributed by atoms with E-state index in [9.17, 15) is 13.2 Å². The molecule has 0 radical (unpaired) electrons. The fourth-order valence-electron chi connectivity index (χ4n) is 1.14. The molecule has 78 valence electrons. The van der Waals surface area contributed by atoms with E-state index in [0.29, 0.717) is 0 Å². The monoisotopic (exact) mass is 208 g/mol. The van der Waals surface area contributed by atoms with Crippen LogP contribution in [0.5, 0.6) is 0 Å². The summed E-state index contributed by atoms with van der Waals surface area (Å²) in [7, 11) is -0.864. The smallest absolute Gasteiger partial charge is 0.423 e. The molecule has 8 heteroatoms. The van der Waals surface area contributed by atoms with Gasteiger partial charge >= 0.3 is 13.3 Å². The summed E-state index contributed by atoms with van der Waals surface area (Å²) in [5, 5.41) is 20.7. The zero-order valence-electron chi connectivity index (χ0n) is 7.50. The normalized spacial score (nSPS) is 11.9. The zero-order chi connectivity index (χ0) is 11.1. The van der Waals surface area contributed by atoms with Crippen LogP contribution in [0, 0.1) is 6.92 Å². The molecule has 0 fully saturated rings. The quantitative estimate of drug-likeness (QED) is 0.607. The lowest BCUT2D eigenvalue weighted by Crippen LogP contribution is -2.36. The van der Waals surface area contributed by atoms with Crippen LogP contribution in [-0.2, 0) is 13.2 Å². The van der Waals surface area contributed by atoms with Crippen molar-refractivity contribution in [1.29, 1.82) is 0 Å². The largest absolute Gasteiger partial charge is 0.492 e. The Hall–Kier alpha value is -1.02. The van der Waals surface area contributed by atoms with Crippen molar-refractivity contribution < 1.29 is 23.2 Å². The fourth-order valence-corrected chi connectivity index (χ4v) is 1.14. The molecule has 1 aromatic heterocycles. The van der Waals surface area contributed by atoms with Crippen molar-refractivity contribution in [3.63, 3.8) is 0 Å². The van der Waals surface area contributed by atoms with Gasteiger partial charge in [0.2, 0.25) is 0 Å². The number of hydrogen-bond donors (Lipinski definition) is 2. The van der Waals surface area contributed by atoms with Crippen molar-refractivity contribution in [1.82, 2.24) is 9.78 Å². The number of nitrogens with zero attached hydrogens (tertiary/aromatic N) is 2.